The number of carboxylic acids is 1. The lowest BCUT2D eigenvalue weighted by Crippen LogP contribution is -2.33. The Hall–Kier alpha value is -3.87. The summed E-state index contributed by atoms with van der Waals surface area (Å²) in [6.07, 6.45) is 8.67. The van der Waals surface area contributed by atoms with Gasteiger partial charge in [-0.2, -0.15) is 0 Å². The fourth-order valence-electron chi connectivity index (χ4n) is 4.63. The van der Waals surface area contributed by atoms with Crippen LogP contribution in [-0.4, -0.2) is 46.6 Å². The number of amides is 1. The molecular formula is C31H36N2O5. The van der Waals surface area contributed by atoms with Gasteiger partial charge in [0, 0.05) is 30.6 Å². The van der Waals surface area contributed by atoms with E-state index in [1.165, 1.54) is 12.8 Å². The Balaban J connectivity index is 1.32. The zero-order chi connectivity index (χ0) is 26.7. The number of aryl methyl sites for hydroxylation is 1. The summed E-state index contributed by atoms with van der Waals surface area (Å²) in [4.78, 5) is 31.2. The Morgan fingerprint density at radius 2 is 1.63 bits per heavy atom. The zero-order valence-electron chi connectivity index (χ0n) is 22.0. The molecule has 3 aromatic rings. The van der Waals surface area contributed by atoms with Crippen molar-refractivity contribution < 1.29 is 23.8 Å². The van der Waals surface area contributed by atoms with Crippen LogP contribution in [0.2, 0.25) is 0 Å². The number of ether oxygens (including phenoxy) is 1. The van der Waals surface area contributed by atoms with Crippen molar-refractivity contribution in [1.29, 1.82) is 0 Å². The SMILES string of the molecule is Cc1oc(-c2ccccc2)nc1CCOc1ccc(/C=C(\CC(=O)N2CCCCCCCC2)C(=O)O)cc1. The molecule has 0 bridgehead atoms. The van der Waals surface area contributed by atoms with E-state index in [1.807, 2.05) is 42.2 Å². The van der Waals surface area contributed by atoms with E-state index in [4.69, 9.17) is 9.15 Å². The molecule has 1 aliphatic heterocycles. The van der Waals surface area contributed by atoms with Crippen molar-refractivity contribution in [3.8, 4) is 17.2 Å². The number of oxazole rings is 1. The molecular weight excluding hydrogens is 480 g/mol. The Morgan fingerprint density at radius 1 is 0.974 bits per heavy atom. The quantitative estimate of drug-likeness (QED) is 0.335. The second-order valence-corrected chi connectivity index (χ2v) is 9.71. The van der Waals surface area contributed by atoms with Crippen LogP contribution >= 0.6 is 0 Å². The molecule has 1 saturated heterocycles. The molecule has 1 aromatic heterocycles. The van der Waals surface area contributed by atoms with Crippen molar-refractivity contribution in [2.45, 2.75) is 58.3 Å². The van der Waals surface area contributed by atoms with E-state index in [0.29, 0.717) is 43.3 Å². The standard InChI is InChI=1S/C31H36N2O5/c1-23-28(32-30(38-23)25-11-7-6-8-12-25)17-20-37-27-15-13-24(14-16-27)21-26(31(35)36)22-29(34)33-18-9-4-2-3-5-10-19-33/h6-8,11-16,21H,2-5,9-10,17-20,22H2,1H3,(H,35,36)/b26-21+. The van der Waals surface area contributed by atoms with E-state index in [1.54, 1.807) is 30.3 Å². The number of carbonyl (C=O) groups is 2. The molecule has 0 atom stereocenters. The van der Waals surface area contributed by atoms with Gasteiger partial charge in [0.15, 0.2) is 0 Å². The Morgan fingerprint density at radius 3 is 2.29 bits per heavy atom. The molecule has 1 fully saturated rings. The third-order valence-corrected chi connectivity index (χ3v) is 6.82. The van der Waals surface area contributed by atoms with Gasteiger partial charge in [-0.25, -0.2) is 9.78 Å². The van der Waals surface area contributed by atoms with Gasteiger partial charge in [-0.3, -0.25) is 4.79 Å². The Kier molecular flexibility index (Phi) is 9.73. The molecule has 4 rings (SSSR count). The number of rotatable bonds is 9. The van der Waals surface area contributed by atoms with Crippen LogP contribution in [0.1, 0.15) is 62.0 Å². The number of nitrogens with zero attached hydrogens (tertiary/aromatic N) is 2. The summed E-state index contributed by atoms with van der Waals surface area (Å²) in [6, 6.07) is 17.0. The first-order valence-electron chi connectivity index (χ1n) is 13.5. The van der Waals surface area contributed by atoms with Gasteiger partial charge in [0.25, 0.3) is 0 Å². The average Bonchev–Trinajstić information content (AvgIpc) is 3.36. The number of carboxylic acid groups (broad SMARTS) is 1. The highest BCUT2D eigenvalue weighted by Gasteiger charge is 2.19. The van der Waals surface area contributed by atoms with Crippen LogP contribution in [0.3, 0.4) is 0 Å². The largest absolute Gasteiger partial charge is 0.493 e. The zero-order valence-corrected chi connectivity index (χ0v) is 22.0. The fraction of sp³-hybridized carbons (Fsp3) is 0.387. The summed E-state index contributed by atoms with van der Waals surface area (Å²) in [7, 11) is 0. The highest BCUT2D eigenvalue weighted by Crippen LogP contribution is 2.22. The van der Waals surface area contributed by atoms with Crippen LogP contribution in [0, 0.1) is 6.92 Å². The fourth-order valence-corrected chi connectivity index (χ4v) is 4.63. The molecule has 7 nitrogen and oxygen atoms in total. The summed E-state index contributed by atoms with van der Waals surface area (Å²) < 4.78 is 11.7. The minimum Gasteiger partial charge on any atom is -0.493 e. The molecule has 0 aliphatic carbocycles. The molecule has 0 saturated carbocycles. The van der Waals surface area contributed by atoms with Gasteiger partial charge >= 0.3 is 5.97 Å². The van der Waals surface area contributed by atoms with Gasteiger partial charge in [0.2, 0.25) is 11.8 Å². The van der Waals surface area contributed by atoms with Crippen molar-refractivity contribution in [2.75, 3.05) is 19.7 Å². The molecule has 200 valence electrons. The minimum absolute atomic E-state index is 0.0965. The predicted octanol–water partition coefficient (Wildman–Crippen LogP) is 6.31. The molecule has 1 aliphatic rings. The summed E-state index contributed by atoms with van der Waals surface area (Å²) in [5.41, 5.74) is 2.60. The summed E-state index contributed by atoms with van der Waals surface area (Å²) in [5, 5.41) is 9.73. The predicted molar refractivity (Wildman–Crippen MR) is 147 cm³/mol. The smallest absolute Gasteiger partial charge is 0.332 e. The topological polar surface area (TPSA) is 92.9 Å². The maximum atomic E-state index is 12.9. The van der Waals surface area contributed by atoms with Gasteiger partial charge in [0.1, 0.15) is 11.5 Å². The molecule has 1 N–H and O–H groups in total. The Bertz CT molecular complexity index is 1220. The van der Waals surface area contributed by atoms with Crippen LogP contribution in [0.15, 0.2) is 64.6 Å². The van der Waals surface area contributed by atoms with E-state index >= 15 is 0 Å². The maximum Gasteiger partial charge on any atom is 0.332 e. The number of carbonyl (C=O) groups excluding carboxylic acids is 1. The van der Waals surface area contributed by atoms with Crippen LogP contribution in [0.25, 0.3) is 17.5 Å². The van der Waals surface area contributed by atoms with E-state index in [0.717, 1.165) is 42.7 Å². The first kappa shape index (κ1) is 27.2. The van der Waals surface area contributed by atoms with Crippen LogP contribution in [-0.2, 0) is 16.0 Å². The normalized spacial score (nSPS) is 14.9. The highest BCUT2D eigenvalue weighted by atomic mass is 16.5. The van der Waals surface area contributed by atoms with Crippen molar-refractivity contribution in [2.24, 2.45) is 0 Å². The van der Waals surface area contributed by atoms with E-state index < -0.39 is 5.97 Å². The molecule has 2 aromatic carbocycles. The van der Waals surface area contributed by atoms with Gasteiger partial charge < -0.3 is 19.2 Å². The number of aliphatic carboxylic acids is 1. The number of aromatic nitrogens is 1. The van der Waals surface area contributed by atoms with Crippen molar-refractivity contribution >= 4 is 18.0 Å². The summed E-state index contributed by atoms with van der Waals surface area (Å²) in [5.74, 6) is 0.870. The van der Waals surface area contributed by atoms with Gasteiger partial charge in [0.05, 0.1) is 18.7 Å². The summed E-state index contributed by atoms with van der Waals surface area (Å²) >= 11 is 0. The maximum absolute atomic E-state index is 12.9. The highest BCUT2D eigenvalue weighted by molar-refractivity contribution is 5.98. The monoisotopic (exact) mass is 516 g/mol. The van der Waals surface area contributed by atoms with Gasteiger partial charge in [-0.1, -0.05) is 56.0 Å². The number of hydrogen-bond acceptors (Lipinski definition) is 5. The summed E-state index contributed by atoms with van der Waals surface area (Å²) in [6.45, 7) is 3.75. The molecule has 0 radical (unpaired) electrons. The third kappa shape index (κ3) is 7.81. The van der Waals surface area contributed by atoms with Crippen molar-refractivity contribution in [3.05, 3.63) is 77.2 Å². The number of hydrogen-bond donors (Lipinski definition) is 1. The molecule has 2 heterocycles. The molecule has 1 amide bonds. The van der Waals surface area contributed by atoms with Gasteiger partial charge in [-0.15, -0.1) is 0 Å². The second-order valence-electron chi connectivity index (χ2n) is 9.71. The van der Waals surface area contributed by atoms with E-state index in [2.05, 4.69) is 4.98 Å². The average molecular weight is 517 g/mol. The third-order valence-electron chi connectivity index (χ3n) is 6.82. The molecule has 0 spiro atoms. The second kappa shape index (κ2) is 13.6. The van der Waals surface area contributed by atoms with E-state index in [9.17, 15) is 14.7 Å². The first-order valence-corrected chi connectivity index (χ1v) is 13.5. The van der Waals surface area contributed by atoms with Gasteiger partial charge in [-0.05, 0) is 55.7 Å². The Labute approximate surface area is 224 Å². The lowest BCUT2D eigenvalue weighted by atomic mass is 10.1. The lowest BCUT2D eigenvalue weighted by molar-refractivity contribution is -0.136. The van der Waals surface area contributed by atoms with Crippen LogP contribution < -0.4 is 4.74 Å². The first-order chi connectivity index (χ1) is 18.5. The van der Waals surface area contributed by atoms with Crippen molar-refractivity contribution in [3.63, 3.8) is 0 Å². The molecule has 0 unspecified atom stereocenters. The molecule has 38 heavy (non-hydrogen) atoms. The van der Waals surface area contributed by atoms with E-state index in [-0.39, 0.29) is 17.9 Å². The number of benzene rings is 2. The minimum atomic E-state index is -1.07. The van der Waals surface area contributed by atoms with Crippen molar-refractivity contribution in [1.82, 2.24) is 9.88 Å². The molecule has 7 heteroatoms. The van der Waals surface area contributed by atoms with Crippen LogP contribution in [0.4, 0.5) is 0 Å². The van der Waals surface area contributed by atoms with Crippen LogP contribution in [0.5, 0.6) is 5.75 Å². The lowest BCUT2D eigenvalue weighted by Gasteiger charge is -2.22.